The van der Waals surface area contributed by atoms with E-state index < -0.39 is 80.1 Å². The van der Waals surface area contributed by atoms with Crippen molar-refractivity contribution in [1.82, 2.24) is 25.1 Å². The molecule has 2 aromatic carbocycles. The largest absolute Gasteiger partial charge is 2.00 e. The maximum atomic E-state index is 12.3. The second-order valence-corrected chi connectivity index (χ2v) is 12.4. The molecule has 0 aliphatic rings. The SMILES string of the molecule is CNC[C@H](O)[C@@H](O)[C@H](O)[C@H](O)CO.O=C(O)CN(CCN(CC(=O)O)C(Cc1c[nH]c2ccccc12)C(=O)O)C(Cc1c[nH]c2ccccc12)C(=O)O.[Mn+2]. The molecule has 0 saturated carbocycles. The van der Waals surface area contributed by atoms with Crippen LogP contribution >= 0.6 is 0 Å². The molecule has 2 heterocycles. The third-order valence-electron chi connectivity index (χ3n) is 8.72. The van der Waals surface area contributed by atoms with Gasteiger partial charge < -0.3 is 61.2 Å². The molecule has 54 heavy (non-hydrogen) atoms. The van der Waals surface area contributed by atoms with Gasteiger partial charge >= 0.3 is 40.9 Å². The number of carboxylic acid groups (broad SMARTS) is 4. The minimum atomic E-state index is -1.55. The van der Waals surface area contributed by atoms with Crippen molar-refractivity contribution < 1.29 is 82.2 Å². The van der Waals surface area contributed by atoms with E-state index in [1.807, 2.05) is 48.5 Å². The van der Waals surface area contributed by atoms with E-state index in [1.54, 1.807) is 19.4 Å². The Kier molecular flexibility index (Phi) is 18.7. The first-order valence-corrected chi connectivity index (χ1v) is 16.6. The van der Waals surface area contributed by atoms with E-state index in [9.17, 15) is 44.7 Å². The van der Waals surface area contributed by atoms with Gasteiger partial charge in [-0.3, -0.25) is 29.0 Å². The van der Waals surface area contributed by atoms with Gasteiger partial charge in [-0.25, -0.2) is 0 Å². The molecule has 2 aromatic heterocycles. The Morgan fingerprint density at radius 3 is 1.41 bits per heavy atom. The van der Waals surface area contributed by atoms with Crippen molar-refractivity contribution >= 4 is 45.7 Å². The molecule has 18 nitrogen and oxygen atoms in total. The molecule has 0 saturated heterocycles. The molecule has 4 aromatic rings. The number of hydrogen-bond donors (Lipinski definition) is 12. The zero-order valence-electron chi connectivity index (χ0n) is 29.3. The summed E-state index contributed by atoms with van der Waals surface area (Å²) in [5.41, 5.74) is 2.98. The van der Waals surface area contributed by atoms with Crippen LogP contribution in [0.1, 0.15) is 11.1 Å². The number of aliphatic hydroxyl groups is 5. The Bertz CT molecular complexity index is 1690. The molecule has 295 valence electrons. The van der Waals surface area contributed by atoms with E-state index in [1.165, 1.54) is 9.80 Å². The first-order chi connectivity index (χ1) is 25.2. The van der Waals surface area contributed by atoms with Gasteiger partial charge in [-0.1, -0.05) is 36.4 Å². The maximum Gasteiger partial charge on any atom is 2.00 e. The van der Waals surface area contributed by atoms with Crippen molar-refractivity contribution in [1.29, 1.82) is 0 Å². The molecule has 0 bridgehead atoms. The quantitative estimate of drug-likeness (QED) is 0.0439. The number of para-hydroxylation sites is 2. The number of nitrogens with one attached hydrogen (secondary N) is 3. The summed E-state index contributed by atoms with van der Waals surface area (Å²) < 4.78 is 0. The molecule has 0 aliphatic heterocycles. The second kappa shape index (κ2) is 22.1. The summed E-state index contributed by atoms with van der Waals surface area (Å²) in [5, 5.41) is 88.3. The molecule has 0 spiro atoms. The maximum absolute atomic E-state index is 12.3. The zero-order valence-corrected chi connectivity index (χ0v) is 30.5. The van der Waals surface area contributed by atoms with Gasteiger partial charge in [0.05, 0.1) is 25.8 Å². The number of fused-ring (bicyclic) bond motifs is 2. The predicted molar refractivity (Wildman–Crippen MR) is 190 cm³/mol. The fraction of sp³-hybridized carbons (Fsp3) is 0.429. The minimum absolute atomic E-state index is 0. The number of aromatic nitrogens is 2. The summed E-state index contributed by atoms with van der Waals surface area (Å²) in [4.78, 5) is 56.7. The number of aliphatic hydroxyl groups excluding tert-OH is 5. The smallest absolute Gasteiger partial charge is 0.480 e. The van der Waals surface area contributed by atoms with Crippen LogP contribution in [0.4, 0.5) is 0 Å². The van der Waals surface area contributed by atoms with E-state index >= 15 is 0 Å². The Morgan fingerprint density at radius 1 is 0.667 bits per heavy atom. The van der Waals surface area contributed by atoms with Gasteiger partial charge in [0.25, 0.3) is 0 Å². The average molecular weight is 801 g/mol. The Labute approximate surface area is 320 Å². The van der Waals surface area contributed by atoms with Crippen molar-refractivity contribution in [3.05, 3.63) is 72.1 Å². The van der Waals surface area contributed by atoms with E-state index in [0.29, 0.717) is 11.1 Å². The molecule has 2 unspecified atom stereocenters. The Hall–Kier alpha value is -4.40. The van der Waals surface area contributed by atoms with Crippen molar-refractivity contribution in [3.8, 4) is 0 Å². The van der Waals surface area contributed by atoms with Crippen LogP contribution in [0.3, 0.4) is 0 Å². The summed E-state index contributed by atoms with van der Waals surface area (Å²) in [6.07, 6.45) is -2.31. The number of carbonyl (C=O) groups is 4. The van der Waals surface area contributed by atoms with Crippen LogP contribution < -0.4 is 5.32 Å². The number of likely N-dealkylation sites (N-methyl/N-ethyl adjacent to an activating group) is 1. The van der Waals surface area contributed by atoms with Crippen molar-refractivity contribution in [2.45, 2.75) is 49.3 Å². The number of aromatic amines is 2. The predicted octanol–water partition coefficient (Wildman–Crippen LogP) is -1.25. The number of carboxylic acids is 4. The van der Waals surface area contributed by atoms with Crippen molar-refractivity contribution in [3.63, 3.8) is 0 Å². The van der Waals surface area contributed by atoms with Crippen LogP contribution in [-0.2, 0) is 49.1 Å². The normalized spacial score (nSPS) is 14.7. The van der Waals surface area contributed by atoms with Crippen LogP contribution in [0.25, 0.3) is 21.8 Å². The number of benzene rings is 2. The Balaban J connectivity index is 0.000000617. The van der Waals surface area contributed by atoms with Crippen LogP contribution in [-0.4, -0.2) is 172 Å². The number of aliphatic carboxylic acids is 4. The van der Waals surface area contributed by atoms with E-state index in [2.05, 4.69) is 15.3 Å². The monoisotopic (exact) mass is 800 g/mol. The number of H-pyrrole nitrogens is 2. The summed E-state index contributed by atoms with van der Waals surface area (Å²) >= 11 is 0. The van der Waals surface area contributed by atoms with E-state index in [0.717, 1.165) is 21.8 Å². The number of hydrogen-bond acceptors (Lipinski definition) is 12. The third-order valence-corrected chi connectivity index (χ3v) is 8.72. The molecule has 0 aliphatic carbocycles. The van der Waals surface area contributed by atoms with Crippen molar-refractivity contribution in [2.75, 3.05) is 46.4 Å². The molecule has 6 atom stereocenters. The Morgan fingerprint density at radius 2 is 1.06 bits per heavy atom. The number of nitrogens with zero attached hydrogens (tertiary/aromatic N) is 2. The molecule has 0 amide bonds. The second-order valence-electron chi connectivity index (χ2n) is 12.4. The third kappa shape index (κ3) is 12.9. The fourth-order valence-electron chi connectivity index (χ4n) is 5.95. The van der Waals surface area contributed by atoms with Gasteiger partial charge in [-0.15, -0.1) is 0 Å². The zero-order chi connectivity index (χ0) is 39.2. The molecule has 4 rings (SSSR count). The van der Waals surface area contributed by atoms with E-state index in [-0.39, 0.29) is 49.5 Å². The van der Waals surface area contributed by atoms with Crippen LogP contribution in [0.15, 0.2) is 60.9 Å². The van der Waals surface area contributed by atoms with Gasteiger partial charge in [0, 0.05) is 66.7 Å². The van der Waals surface area contributed by atoms with Gasteiger partial charge in [-0.05, 0) is 30.3 Å². The summed E-state index contributed by atoms with van der Waals surface area (Å²) in [6.45, 7) is -2.19. The summed E-state index contributed by atoms with van der Waals surface area (Å²) in [7, 11) is 1.57. The topological polar surface area (TPSA) is 300 Å². The first kappa shape index (κ1) is 45.8. The summed E-state index contributed by atoms with van der Waals surface area (Å²) in [6, 6.07) is 12.1. The average Bonchev–Trinajstić information content (AvgIpc) is 3.73. The molecule has 0 fully saturated rings. The van der Waals surface area contributed by atoms with Gasteiger partial charge in [0.15, 0.2) is 0 Å². The molecule has 12 N–H and O–H groups in total. The minimum Gasteiger partial charge on any atom is -0.480 e. The van der Waals surface area contributed by atoms with Crippen LogP contribution in [0, 0.1) is 0 Å². The van der Waals surface area contributed by atoms with Crippen LogP contribution in [0.5, 0.6) is 0 Å². The first-order valence-electron chi connectivity index (χ1n) is 16.6. The molecule has 1 radical (unpaired) electrons. The molecular weight excluding hydrogens is 753 g/mol. The fourth-order valence-corrected chi connectivity index (χ4v) is 5.95. The van der Waals surface area contributed by atoms with Gasteiger partial charge in [0.2, 0.25) is 0 Å². The standard InChI is InChI=1S/C28H30N4O8.C7H17NO5.Mn/c33-25(34)15-31(23(27(37)38)11-17-13-29-21-7-3-1-5-19(17)21)9-10-32(16-26(35)36)24(28(39)40)12-18-14-30-22-8-4-2-6-20(18)22;1-8-2-4(10)6(12)7(13)5(11)3-9;/h1-8,13-14,23-24,29-30H,9-12,15-16H2,(H,33,34)(H,35,36)(H,37,38)(H,39,40);4-13H,2-3H2,1H3;/q;;+2/t;4-,5+,6+,7+;/m.0./s1. The van der Waals surface area contributed by atoms with E-state index in [4.69, 9.17) is 20.4 Å². The summed E-state index contributed by atoms with van der Waals surface area (Å²) in [5.74, 6) is -5.01. The molecular formula is C35H47MnN5O13+2. The van der Waals surface area contributed by atoms with Gasteiger partial charge in [-0.2, -0.15) is 0 Å². The van der Waals surface area contributed by atoms with Crippen LogP contribution in [0.2, 0.25) is 0 Å². The van der Waals surface area contributed by atoms with Gasteiger partial charge in [0.1, 0.15) is 30.4 Å². The molecule has 19 heteroatoms. The number of rotatable bonds is 21. The van der Waals surface area contributed by atoms with Crippen molar-refractivity contribution in [2.24, 2.45) is 0 Å².